The van der Waals surface area contributed by atoms with E-state index in [1.165, 1.54) is 33.9 Å². The zero-order valence-electron chi connectivity index (χ0n) is 22.7. The third kappa shape index (κ3) is 4.36. The molecule has 37 heavy (non-hydrogen) atoms. The maximum atomic E-state index is 3.44. The molecule has 2 aliphatic heterocycles. The molecule has 2 heterocycles. The van der Waals surface area contributed by atoms with E-state index in [0.29, 0.717) is 0 Å². The van der Waals surface area contributed by atoms with Crippen LogP contribution >= 0.6 is 0 Å². The molecule has 3 aromatic rings. The Balaban J connectivity index is 1.56. The number of anilines is 1. The molecule has 0 aliphatic carbocycles. The van der Waals surface area contributed by atoms with E-state index in [-0.39, 0.29) is 10.8 Å². The first-order valence-electron chi connectivity index (χ1n) is 12.9. The average Bonchev–Trinajstić information content (AvgIpc) is 3.22. The Kier molecular flexibility index (Phi) is 6.26. The van der Waals surface area contributed by atoms with Crippen LogP contribution in [-0.4, -0.2) is 24.4 Å². The van der Waals surface area contributed by atoms with Crippen LogP contribution in [0.2, 0.25) is 0 Å². The zero-order chi connectivity index (χ0) is 26.2. The third-order valence-corrected chi connectivity index (χ3v) is 7.85. The van der Waals surface area contributed by atoms with Crippen molar-refractivity contribution in [1.29, 1.82) is 0 Å². The molecule has 0 unspecified atom stereocenters. The second-order valence-electron chi connectivity index (χ2n) is 10.9. The Labute approximate surface area is 222 Å². The molecule has 0 N–H and O–H groups in total. The number of rotatable bonds is 3. The van der Waals surface area contributed by atoms with Gasteiger partial charge in [0.05, 0.1) is 5.41 Å². The van der Waals surface area contributed by atoms with Crippen molar-refractivity contribution in [2.24, 2.45) is 0 Å². The summed E-state index contributed by atoms with van der Waals surface area (Å²) in [6.45, 7) is 9.18. The lowest BCUT2D eigenvalue weighted by Gasteiger charge is -2.23. The minimum atomic E-state index is -0.0758. The van der Waals surface area contributed by atoms with Gasteiger partial charge in [0.2, 0.25) is 5.69 Å². The van der Waals surface area contributed by atoms with E-state index in [0.717, 1.165) is 11.1 Å². The number of nitrogens with zero attached hydrogens (tertiary/aromatic N) is 2. The number of hydrogen-bond donors (Lipinski definition) is 0. The fourth-order valence-corrected chi connectivity index (χ4v) is 5.75. The number of benzene rings is 3. The monoisotopic (exact) mass is 483 g/mol. The highest BCUT2D eigenvalue weighted by molar-refractivity contribution is 6.03. The second kappa shape index (κ2) is 9.41. The summed E-state index contributed by atoms with van der Waals surface area (Å²) in [4.78, 5) is 2.30. The van der Waals surface area contributed by atoms with Crippen molar-refractivity contribution in [2.45, 2.75) is 38.5 Å². The van der Waals surface area contributed by atoms with E-state index in [9.17, 15) is 0 Å². The molecule has 2 nitrogen and oxygen atoms in total. The maximum absolute atomic E-state index is 3.44. The summed E-state index contributed by atoms with van der Waals surface area (Å²) in [7, 11) is 4.31. The lowest BCUT2D eigenvalue weighted by molar-refractivity contribution is -0.401. The van der Waals surface area contributed by atoms with Gasteiger partial charge in [0.1, 0.15) is 7.05 Å². The van der Waals surface area contributed by atoms with Gasteiger partial charge in [-0.15, -0.1) is 0 Å². The summed E-state index contributed by atoms with van der Waals surface area (Å²) in [6, 6.07) is 27.5. The molecule has 0 amide bonds. The van der Waals surface area contributed by atoms with Crippen molar-refractivity contribution in [3.63, 3.8) is 0 Å². The van der Waals surface area contributed by atoms with Gasteiger partial charge in [-0.2, -0.15) is 4.58 Å². The van der Waals surface area contributed by atoms with Gasteiger partial charge in [0.25, 0.3) is 0 Å². The predicted octanol–water partition coefficient (Wildman–Crippen LogP) is 7.54. The highest BCUT2D eigenvalue weighted by Gasteiger charge is 2.42. The standard InChI is InChI=1S/C35H35N2/c1-34(2)28-16-10-12-18-30(28)36(5)32(34)24-22-27(21-20-26-14-8-7-9-15-26)23-25-33-35(3,4)29-17-11-13-19-31(29)37(33)6/h7-19,22-25H,1-6H3/q+1. The Morgan fingerprint density at radius 3 is 2.16 bits per heavy atom. The second-order valence-corrected chi connectivity index (χ2v) is 10.9. The number of hydrogen-bond acceptors (Lipinski definition) is 1. The maximum Gasteiger partial charge on any atom is 0.209 e. The van der Waals surface area contributed by atoms with Gasteiger partial charge in [0.15, 0.2) is 5.71 Å². The van der Waals surface area contributed by atoms with Crippen LogP contribution in [0.3, 0.4) is 0 Å². The number of likely N-dealkylation sites (N-methyl/N-ethyl adjacent to an activating group) is 1. The van der Waals surface area contributed by atoms with Gasteiger partial charge in [0, 0.05) is 52.7 Å². The van der Waals surface area contributed by atoms with Crippen molar-refractivity contribution in [3.05, 3.63) is 131 Å². The zero-order valence-corrected chi connectivity index (χ0v) is 22.7. The summed E-state index contributed by atoms with van der Waals surface area (Å²) >= 11 is 0. The van der Waals surface area contributed by atoms with Gasteiger partial charge in [-0.05, 0) is 55.8 Å². The lowest BCUT2D eigenvalue weighted by Crippen LogP contribution is -2.26. The molecule has 2 aliphatic rings. The molecular weight excluding hydrogens is 448 g/mol. The van der Waals surface area contributed by atoms with Crippen molar-refractivity contribution in [1.82, 2.24) is 0 Å². The molecule has 0 radical (unpaired) electrons. The van der Waals surface area contributed by atoms with Crippen LogP contribution in [0.25, 0.3) is 0 Å². The smallest absolute Gasteiger partial charge is 0.209 e. The SMILES string of the molecule is CN1/C(=C/C=C(C#Cc2ccccc2)/C=C/C2=[N+](C)c3ccccc3C2(C)C)C(C)(C)c2ccccc21. The normalized spacial score (nSPS) is 18.7. The van der Waals surface area contributed by atoms with Crippen LogP contribution in [0.4, 0.5) is 11.4 Å². The Morgan fingerprint density at radius 1 is 0.811 bits per heavy atom. The van der Waals surface area contributed by atoms with Crippen molar-refractivity contribution in [3.8, 4) is 11.8 Å². The molecule has 0 fully saturated rings. The quantitative estimate of drug-likeness (QED) is 0.212. The molecule has 5 rings (SSSR count). The van der Waals surface area contributed by atoms with E-state index in [2.05, 4.69) is 148 Å². The van der Waals surface area contributed by atoms with E-state index in [4.69, 9.17) is 0 Å². The van der Waals surface area contributed by atoms with E-state index >= 15 is 0 Å². The van der Waals surface area contributed by atoms with Gasteiger partial charge >= 0.3 is 0 Å². The van der Waals surface area contributed by atoms with Crippen LogP contribution in [0, 0.1) is 11.8 Å². The van der Waals surface area contributed by atoms with Crippen LogP contribution in [0.15, 0.2) is 114 Å². The summed E-state index contributed by atoms with van der Waals surface area (Å²) < 4.78 is 2.30. The highest BCUT2D eigenvalue weighted by Crippen LogP contribution is 2.46. The van der Waals surface area contributed by atoms with Crippen LogP contribution in [-0.2, 0) is 10.8 Å². The molecule has 0 bridgehead atoms. The van der Waals surface area contributed by atoms with Crippen molar-refractivity contribution in [2.75, 3.05) is 19.0 Å². The third-order valence-electron chi connectivity index (χ3n) is 7.85. The summed E-state index contributed by atoms with van der Waals surface area (Å²) in [5, 5.41) is 0. The summed E-state index contributed by atoms with van der Waals surface area (Å²) in [5.74, 6) is 6.80. The number of para-hydroxylation sites is 2. The molecule has 0 atom stereocenters. The van der Waals surface area contributed by atoms with Gasteiger partial charge in [-0.1, -0.05) is 80.3 Å². The van der Waals surface area contributed by atoms with E-state index < -0.39 is 0 Å². The molecule has 0 spiro atoms. The van der Waals surface area contributed by atoms with E-state index in [1.54, 1.807) is 0 Å². The predicted molar refractivity (Wildman–Crippen MR) is 157 cm³/mol. The Hall–Kier alpha value is -4.09. The first-order valence-corrected chi connectivity index (χ1v) is 12.9. The summed E-state index contributed by atoms with van der Waals surface area (Å²) in [6.07, 6.45) is 8.81. The molecule has 0 aromatic heterocycles. The Bertz CT molecular complexity index is 1530. The first kappa shape index (κ1) is 24.6. The van der Waals surface area contributed by atoms with Gasteiger partial charge in [-0.25, -0.2) is 0 Å². The van der Waals surface area contributed by atoms with Crippen molar-refractivity contribution < 1.29 is 4.58 Å². The highest BCUT2D eigenvalue weighted by atomic mass is 15.2. The van der Waals surface area contributed by atoms with Crippen LogP contribution in [0.5, 0.6) is 0 Å². The molecule has 184 valence electrons. The Morgan fingerprint density at radius 2 is 1.46 bits per heavy atom. The minimum absolute atomic E-state index is 0.0758. The topological polar surface area (TPSA) is 6.25 Å². The van der Waals surface area contributed by atoms with E-state index in [1.807, 2.05) is 18.2 Å². The molecule has 2 heteroatoms. The lowest BCUT2D eigenvalue weighted by atomic mass is 9.81. The van der Waals surface area contributed by atoms with Gasteiger partial charge < -0.3 is 4.90 Å². The number of allylic oxidation sites excluding steroid dienone is 6. The summed E-state index contributed by atoms with van der Waals surface area (Å²) in [5.41, 5.74) is 9.60. The van der Waals surface area contributed by atoms with Crippen LogP contribution in [0.1, 0.15) is 44.4 Å². The first-order chi connectivity index (χ1) is 17.7. The minimum Gasteiger partial charge on any atom is -0.347 e. The molecule has 0 saturated carbocycles. The fourth-order valence-electron chi connectivity index (χ4n) is 5.75. The van der Waals surface area contributed by atoms with Crippen molar-refractivity contribution >= 4 is 17.1 Å². The molecule has 0 saturated heterocycles. The average molecular weight is 484 g/mol. The van der Waals surface area contributed by atoms with Crippen LogP contribution < -0.4 is 4.90 Å². The fraction of sp³-hybridized carbons (Fsp3) is 0.229. The largest absolute Gasteiger partial charge is 0.347 e. The molecule has 3 aromatic carbocycles. The van der Waals surface area contributed by atoms with Gasteiger partial charge in [-0.3, -0.25) is 0 Å². The number of fused-ring (bicyclic) bond motifs is 2. The molecular formula is C35H35N2+.